The normalized spacial score (nSPS) is 15.9. The van der Waals surface area contributed by atoms with E-state index in [1.165, 1.54) is 32.1 Å². The highest BCUT2D eigenvalue weighted by atomic mass is 35.5. The SMILES string of the molecule is CCCCCCCCCCC1(OCC(=O)Cl)COc2ccccc2OCCOCCOc2ccccc2OC1. The van der Waals surface area contributed by atoms with Gasteiger partial charge >= 0.3 is 0 Å². The van der Waals surface area contributed by atoms with E-state index in [2.05, 4.69) is 6.92 Å². The molecule has 0 fully saturated rings. The van der Waals surface area contributed by atoms with Gasteiger partial charge in [-0.1, -0.05) is 82.6 Å². The number of para-hydroxylation sites is 4. The summed E-state index contributed by atoms with van der Waals surface area (Å²) in [6, 6.07) is 15.0. The van der Waals surface area contributed by atoms with Gasteiger partial charge in [0, 0.05) is 0 Å². The molecule has 0 atom stereocenters. The molecule has 216 valence electrons. The molecule has 0 N–H and O–H groups in total. The number of ether oxygens (including phenoxy) is 6. The molecule has 3 rings (SSSR count). The third-order valence-corrected chi connectivity index (χ3v) is 6.74. The molecule has 1 aliphatic heterocycles. The molecule has 39 heavy (non-hydrogen) atoms. The molecule has 0 aliphatic carbocycles. The van der Waals surface area contributed by atoms with Crippen LogP contribution < -0.4 is 18.9 Å². The fourth-order valence-corrected chi connectivity index (χ4v) is 4.51. The lowest BCUT2D eigenvalue weighted by Gasteiger charge is -2.34. The van der Waals surface area contributed by atoms with E-state index in [0.29, 0.717) is 55.8 Å². The Bertz CT molecular complexity index is 912. The average molecular weight is 563 g/mol. The van der Waals surface area contributed by atoms with E-state index >= 15 is 0 Å². The fraction of sp³-hybridized carbons (Fsp3) is 0.581. The zero-order valence-corrected chi connectivity index (χ0v) is 23.9. The summed E-state index contributed by atoms with van der Waals surface area (Å²) in [5.41, 5.74) is -0.910. The van der Waals surface area contributed by atoms with Crippen LogP contribution in [0, 0.1) is 0 Å². The molecule has 7 nitrogen and oxygen atoms in total. The van der Waals surface area contributed by atoms with Crippen LogP contribution in [0.1, 0.15) is 64.7 Å². The van der Waals surface area contributed by atoms with Crippen molar-refractivity contribution >= 4 is 16.8 Å². The number of carbonyl (C=O) groups excluding carboxylic acids is 1. The average Bonchev–Trinajstić information content (AvgIpc) is 2.95. The minimum absolute atomic E-state index is 0.160. The number of hydrogen-bond acceptors (Lipinski definition) is 7. The molecule has 0 spiro atoms. The Hall–Kier alpha value is -2.48. The number of hydrogen-bond donors (Lipinski definition) is 0. The maximum Gasteiger partial charge on any atom is 0.247 e. The monoisotopic (exact) mass is 562 g/mol. The second-order valence-electron chi connectivity index (χ2n) is 9.83. The molecule has 2 aromatic carbocycles. The number of carbonyl (C=O) groups is 1. The van der Waals surface area contributed by atoms with Crippen molar-refractivity contribution in [2.24, 2.45) is 0 Å². The van der Waals surface area contributed by atoms with Crippen molar-refractivity contribution in [3.8, 4) is 23.0 Å². The van der Waals surface area contributed by atoms with Crippen molar-refractivity contribution in [2.75, 3.05) is 46.2 Å². The van der Waals surface area contributed by atoms with E-state index in [9.17, 15) is 4.79 Å². The van der Waals surface area contributed by atoms with Gasteiger partial charge < -0.3 is 28.4 Å². The van der Waals surface area contributed by atoms with Gasteiger partial charge in [-0.15, -0.1) is 0 Å². The minimum atomic E-state index is -0.910. The molecule has 1 heterocycles. The molecular weight excluding hydrogens is 520 g/mol. The first-order chi connectivity index (χ1) is 19.1. The number of rotatable bonds is 12. The maximum atomic E-state index is 11.8. The van der Waals surface area contributed by atoms with E-state index in [-0.39, 0.29) is 19.8 Å². The molecule has 1 aliphatic rings. The third-order valence-electron chi connectivity index (χ3n) is 6.63. The summed E-state index contributed by atoms with van der Waals surface area (Å²) in [4.78, 5) is 11.8. The van der Waals surface area contributed by atoms with E-state index in [1.54, 1.807) is 0 Å². The Morgan fingerprint density at radius 3 is 1.67 bits per heavy atom. The van der Waals surface area contributed by atoms with Crippen molar-refractivity contribution in [3.05, 3.63) is 48.5 Å². The van der Waals surface area contributed by atoms with Gasteiger partial charge in [-0.05, 0) is 42.3 Å². The van der Waals surface area contributed by atoms with Crippen molar-refractivity contribution in [1.82, 2.24) is 0 Å². The second kappa shape index (κ2) is 18.0. The van der Waals surface area contributed by atoms with Gasteiger partial charge in [0.15, 0.2) is 23.0 Å². The fourth-order valence-electron chi connectivity index (χ4n) is 4.45. The molecule has 0 saturated carbocycles. The van der Waals surface area contributed by atoms with E-state index in [4.69, 9.17) is 40.0 Å². The molecular formula is C31H43ClO7. The van der Waals surface area contributed by atoms with Crippen molar-refractivity contribution < 1.29 is 33.2 Å². The first kappa shape index (κ1) is 31.1. The van der Waals surface area contributed by atoms with Crippen LogP contribution >= 0.6 is 11.6 Å². The number of fused-ring (bicyclic) bond motifs is 2. The summed E-state index contributed by atoms with van der Waals surface area (Å²) in [5.74, 6) is 2.42. The second-order valence-corrected chi connectivity index (χ2v) is 10.3. The largest absolute Gasteiger partial charge is 0.487 e. The first-order valence-electron chi connectivity index (χ1n) is 14.2. The predicted molar refractivity (Wildman–Crippen MR) is 152 cm³/mol. The zero-order valence-electron chi connectivity index (χ0n) is 23.2. The highest BCUT2D eigenvalue weighted by Crippen LogP contribution is 2.32. The van der Waals surface area contributed by atoms with Crippen molar-refractivity contribution in [2.45, 2.75) is 70.3 Å². The third kappa shape index (κ3) is 11.7. The minimum Gasteiger partial charge on any atom is -0.487 e. The van der Waals surface area contributed by atoms with Gasteiger partial charge in [0.1, 0.15) is 38.6 Å². The Morgan fingerprint density at radius 2 is 1.18 bits per heavy atom. The lowest BCUT2D eigenvalue weighted by Crippen LogP contribution is -2.46. The number of benzene rings is 2. The summed E-state index contributed by atoms with van der Waals surface area (Å²) in [5, 5.41) is -0.565. The molecule has 0 unspecified atom stereocenters. The van der Waals surface area contributed by atoms with E-state index < -0.39 is 10.8 Å². The smallest absolute Gasteiger partial charge is 0.247 e. The van der Waals surface area contributed by atoms with Gasteiger partial charge in [-0.2, -0.15) is 0 Å². The van der Waals surface area contributed by atoms with Crippen LogP contribution in [0.2, 0.25) is 0 Å². The van der Waals surface area contributed by atoms with Crippen molar-refractivity contribution in [3.63, 3.8) is 0 Å². The molecule has 0 aromatic heterocycles. The molecule has 2 aromatic rings. The van der Waals surface area contributed by atoms with E-state index in [0.717, 1.165) is 19.3 Å². The van der Waals surface area contributed by atoms with Crippen LogP contribution in [-0.4, -0.2) is 57.1 Å². The predicted octanol–water partition coefficient (Wildman–Crippen LogP) is 6.98. The standard InChI is InChI=1S/C31H43ClO7/c1-2-3-4-5-6-7-8-13-18-31(39-23-30(32)33)24-37-28-16-11-9-14-26(28)35-21-19-34-20-22-36-27-15-10-12-17-29(27)38-25-31/h9-12,14-17H,2-8,13,18-25H2,1H3. The van der Waals surface area contributed by atoms with Crippen LogP contribution in [0.4, 0.5) is 0 Å². The number of unbranched alkanes of at least 4 members (excludes halogenated alkanes) is 7. The van der Waals surface area contributed by atoms with Gasteiger partial charge in [-0.3, -0.25) is 4.79 Å². The summed E-state index contributed by atoms with van der Waals surface area (Å²) in [6.07, 6.45) is 10.1. The Balaban J connectivity index is 1.79. The summed E-state index contributed by atoms with van der Waals surface area (Å²) in [6.45, 7) is 3.90. The number of halogens is 1. The highest BCUT2D eigenvalue weighted by Gasteiger charge is 2.35. The van der Waals surface area contributed by atoms with E-state index in [1.807, 2.05) is 48.5 Å². The Labute approximate surface area is 238 Å². The Morgan fingerprint density at radius 1 is 0.718 bits per heavy atom. The molecule has 8 heteroatoms. The van der Waals surface area contributed by atoms with Crippen LogP contribution in [0.25, 0.3) is 0 Å². The highest BCUT2D eigenvalue weighted by molar-refractivity contribution is 6.63. The van der Waals surface area contributed by atoms with Crippen LogP contribution in [-0.2, 0) is 14.3 Å². The molecule has 0 bridgehead atoms. The van der Waals surface area contributed by atoms with Gasteiger partial charge in [0.2, 0.25) is 5.24 Å². The first-order valence-corrected chi connectivity index (χ1v) is 14.6. The van der Waals surface area contributed by atoms with Gasteiger partial charge in [-0.25, -0.2) is 0 Å². The van der Waals surface area contributed by atoms with Crippen LogP contribution in [0.15, 0.2) is 48.5 Å². The van der Waals surface area contributed by atoms with Crippen molar-refractivity contribution in [1.29, 1.82) is 0 Å². The lowest BCUT2D eigenvalue weighted by molar-refractivity contribution is -0.133. The summed E-state index contributed by atoms with van der Waals surface area (Å²) < 4.78 is 36.3. The molecule has 0 saturated heterocycles. The molecule has 0 amide bonds. The van der Waals surface area contributed by atoms with Crippen LogP contribution in [0.3, 0.4) is 0 Å². The summed E-state index contributed by atoms with van der Waals surface area (Å²) in [7, 11) is 0. The lowest BCUT2D eigenvalue weighted by atomic mass is 9.96. The quantitative estimate of drug-likeness (QED) is 0.204. The zero-order chi connectivity index (χ0) is 27.6. The summed E-state index contributed by atoms with van der Waals surface area (Å²) >= 11 is 5.72. The van der Waals surface area contributed by atoms with Crippen LogP contribution in [0.5, 0.6) is 23.0 Å². The van der Waals surface area contributed by atoms with Gasteiger partial charge in [0.25, 0.3) is 0 Å². The topological polar surface area (TPSA) is 72.5 Å². The van der Waals surface area contributed by atoms with Gasteiger partial charge in [0.05, 0.1) is 13.2 Å². The Kier molecular flexibility index (Phi) is 14.3. The molecule has 0 radical (unpaired) electrons. The maximum absolute atomic E-state index is 11.8.